The van der Waals surface area contributed by atoms with E-state index < -0.39 is 0 Å². The third-order valence-corrected chi connectivity index (χ3v) is 5.14. The van der Waals surface area contributed by atoms with E-state index in [4.69, 9.17) is 9.72 Å². The lowest BCUT2D eigenvalue weighted by molar-refractivity contribution is -0.123. The van der Waals surface area contributed by atoms with Gasteiger partial charge in [0.25, 0.3) is 5.91 Å². The Hall–Kier alpha value is -3.86. The Labute approximate surface area is 188 Å². The number of aromatic nitrogens is 2. The van der Waals surface area contributed by atoms with Crippen molar-refractivity contribution in [3.05, 3.63) is 102 Å². The number of carbonyl (C=O) groups excluding carboxylic acids is 1. The number of nitrogens with one attached hydrogen (secondary N) is 1. The molecule has 5 heteroatoms. The van der Waals surface area contributed by atoms with E-state index in [2.05, 4.69) is 40.2 Å². The summed E-state index contributed by atoms with van der Waals surface area (Å²) < 4.78 is 7.73. The quantitative estimate of drug-likeness (QED) is 0.369. The minimum atomic E-state index is -0.117. The first kappa shape index (κ1) is 21.4. The van der Waals surface area contributed by atoms with Crippen LogP contribution >= 0.6 is 0 Å². The number of amides is 1. The van der Waals surface area contributed by atoms with Crippen molar-refractivity contribution in [1.82, 2.24) is 14.9 Å². The number of ether oxygens (including phenoxy) is 1. The lowest BCUT2D eigenvalue weighted by Gasteiger charge is -2.09. The summed E-state index contributed by atoms with van der Waals surface area (Å²) in [7, 11) is 0. The lowest BCUT2D eigenvalue weighted by atomic mass is 10.2. The van der Waals surface area contributed by atoms with Crippen LogP contribution in [0.15, 0.2) is 91.0 Å². The van der Waals surface area contributed by atoms with Crippen LogP contribution in [0.5, 0.6) is 5.75 Å². The number of carbonyl (C=O) groups is 1. The maximum atomic E-state index is 12.0. The molecule has 0 aliphatic rings. The maximum absolute atomic E-state index is 12.0. The predicted octanol–water partition coefficient (Wildman–Crippen LogP) is 4.88. The van der Waals surface area contributed by atoms with Gasteiger partial charge in [-0.15, -0.1) is 0 Å². The average molecular weight is 426 g/mol. The van der Waals surface area contributed by atoms with Crippen molar-refractivity contribution in [3.63, 3.8) is 0 Å². The molecule has 1 N–H and O–H groups in total. The zero-order valence-corrected chi connectivity index (χ0v) is 18.0. The van der Waals surface area contributed by atoms with Gasteiger partial charge in [-0.1, -0.05) is 72.8 Å². The summed E-state index contributed by atoms with van der Waals surface area (Å²) in [5.74, 6) is 1.60. The molecule has 0 atom stereocenters. The van der Waals surface area contributed by atoms with Crippen LogP contribution in [0.2, 0.25) is 0 Å². The highest BCUT2D eigenvalue weighted by Gasteiger charge is 2.09. The molecule has 1 aromatic heterocycles. The number of benzene rings is 3. The Morgan fingerprint density at radius 3 is 2.47 bits per heavy atom. The number of imidazole rings is 1. The zero-order chi connectivity index (χ0) is 22.0. The van der Waals surface area contributed by atoms with Gasteiger partial charge < -0.3 is 14.6 Å². The van der Waals surface area contributed by atoms with Gasteiger partial charge in [-0.05, 0) is 36.2 Å². The van der Waals surface area contributed by atoms with Gasteiger partial charge in [0.05, 0.1) is 11.0 Å². The molecule has 4 aromatic rings. The minimum absolute atomic E-state index is 0.0206. The van der Waals surface area contributed by atoms with E-state index in [1.54, 1.807) is 0 Å². The molecule has 0 aliphatic heterocycles. The monoisotopic (exact) mass is 425 g/mol. The van der Waals surface area contributed by atoms with Gasteiger partial charge in [-0.3, -0.25) is 4.79 Å². The average Bonchev–Trinajstić information content (AvgIpc) is 3.19. The van der Waals surface area contributed by atoms with Gasteiger partial charge >= 0.3 is 0 Å². The molecule has 0 saturated carbocycles. The molecule has 1 heterocycles. The van der Waals surface area contributed by atoms with Crippen molar-refractivity contribution >= 4 is 23.0 Å². The number of para-hydroxylation sites is 3. The van der Waals surface area contributed by atoms with Gasteiger partial charge in [0.1, 0.15) is 11.6 Å². The second-order valence-electron chi connectivity index (χ2n) is 7.50. The van der Waals surface area contributed by atoms with Crippen molar-refractivity contribution < 1.29 is 9.53 Å². The van der Waals surface area contributed by atoms with Gasteiger partial charge in [0.15, 0.2) is 6.61 Å². The molecule has 4 rings (SSSR count). The molecule has 0 saturated heterocycles. The van der Waals surface area contributed by atoms with Gasteiger partial charge in [0.2, 0.25) is 0 Å². The number of allylic oxidation sites excluding steroid dienone is 1. The van der Waals surface area contributed by atoms with Crippen molar-refractivity contribution in [2.45, 2.75) is 19.4 Å². The summed E-state index contributed by atoms with van der Waals surface area (Å²) in [4.78, 5) is 16.9. The molecule has 0 unspecified atom stereocenters. The van der Waals surface area contributed by atoms with Gasteiger partial charge in [0, 0.05) is 19.5 Å². The number of fused-ring (bicyclic) bond motifs is 1. The van der Waals surface area contributed by atoms with Crippen LogP contribution in [0.1, 0.15) is 17.8 Å². The van der Waals surface area contributed by atoms with E-state index in [9.17, 15) is 4.79 Å². The molecule has 3 aromatic carbocycles. The van der Waals surface area contributed by atoms with Crippen LogP contribution in [0, 0.1) is 0 Å². The highest BCUT2D eigenvalue weighted by Crippen LogP contribution is 2.17. The van der Waals surface area contributed by atoms with E-state index in [0.29, 0.717) is 12.3 Å². The first-order chi connectivity index (χ1) is 15.8. The zero-order valence-electron chi connectivity index (χ0n) is 18.0. The van der Waals surface area contributed by atoms with Crippen LogP contribution in [0.25, 0.3) is 17.1 Å². The Bertz CT molecular complexity index is 1170. The summed E-state index contributed by atoms with van der Waals surface area (Å²) in [6.45, 7) is 1.36. The molecule has 0 radical (unpaired) electrons. The fourth-order valence-electron chi connectivity index (χ4n) is 3.57. The summed E-state index contributed by atoms with van der Waals surface area (Å²) in [5, 5.41) is 2.93. The maximum Gasteiger partial charge on any atom is 0.257 e. The second kappa shape index (κ2) is 11.0. The van der Waals surface area contributed by atoms with E-state index in [-0.39, 0.29) is 12.5 Å². The van der Waals surface area contributed by atoms with E-state index in [1.807, 2.05) is 66.7 Å². The van der Waals surface area contributed by atoms with E-state index >= 15 is 0 Å². The Balaban J connectivity index is 1.32. The number of nitrogens with zero attached hydrogens (tertiary/aromatic N) is 2. The van der Waals surface area contributed by atoms with Crippen LogP contribution in [-0.2, 0) is 17.8 Å². The minimum Gasteiger partial charge on any atom is -0.484 e. The third-order valence-electron chi connectivity index (χ3n) is 5.14. The highest BCUT2D eigenvalue weighted by atomic mass is 16.5. The molecule has 32 heavy (non-hydrogen) atoms. The van der Waals surface area contributed by atoms with Crippen molar-refractivity contribution in [1.29, 1.82) is 0 Å². The smallest absolute Gasteiger partial charge is 0.257 e. The molecule has 0 spiro atoms. The highest BCUT2D eigenvalue weighted by molar-refractivity contribution is 5.77. The third kappa shape index (κ3) is 5.85. The first-order valence-corrected chi connectivity index (χ1v) is 10.9. The SMILES string of the molecule is O=C(COc1ccccc1)NCCCc1nc2ccccc2n1C/C=C/c1ccccc1. The fraction of sp³-hybridized carbons (Fsp3) is 0.185. The summed E-state index contributed by atoms with van der Waals surface area (Å²) in [6, 6.07) is 27.8. The fourth-order valence-corrected chi connectivity index (χ4v) is 3.57. The van der Waals surface area contributed by atoms with Crippen LogP contribution in [-0.4, -0.2) is 28.6 Å². The lowest BCUT2D eigenvalue weighted by Crippen LogP contribution is -2.30. The Morgan fingerprint density at radius 2 is 1.66 bits per heavy atom. The summed E-state index contributed by atoms with van der Waals surface area (Å²) in [5.41, 5.74) is 3.30. The summed E-state index contributed by atoms with van der Waals surface area (Å²) in [6.07, 6.45) is 5.89. The molecule has 162 valence electrons. The Kier molecular flexibility index (Phi) is 7.32. The standard InChI is InChI=1S/C27H27N3O2/c31-27(21-32-23-14-5-2-6-15-23)28-19-9-18-26-29-24-16-7-8-17-25(24)30(26)20-10-13-22-11-3-1-4-12-22/h1-8,10-17H,9,18-21H2,(H,28,31)/b13-10+. The molecule has 0 bridgehead atoms. The van der Waals surface area contributed by atoms with E-state index in [1.165, 1.54) is 5.56 Å². The molecule has 1 amide bonds. The topological polar surface area (TPSA) is 56.1 Å². The number of rotatable bonds is 10. The largest absolute Gasteiger partial charge is 0.484 e. The molecule has 0 fully saturated rings. The van der Waals surface area contributed by atoms with E-state index in [0.717, 1.165) is 36.2 Å². The Morgan fingerprint density at radius 1 is 0.938 bits per heavy atom. The molecular weight excluding hydrogens is 398 g/mol. The van der Waals surface area contributed by atoms with Crippen molar-refractivity contribution in [3.8, 4) is 5.75 Å². The van der Waals surface area contributed by atoms with Crippen LogP contribution < -0.4 is 10.1 Å². The van der Waals surface area contributed by atoms with Gasteiger partial charge in [-0.2, -0.15) is 0 Å². The number of aryl methyl sites for hydroxylation is 1. The normalized spacial score (nSPS) is 11.1. The summed E-state index contributed by atoms with van der Waals surface area (Å²) >= 11 is 0. The molecular formula is C27H27N3O2. The second-order valence-corrected chi connectivity index (χ2v) is 7.50. The van der Waals surface area contributed by atoms with Crippen molar-refractivity contribution in [2.75, 3.05) is 13.2 Å². The van der Waals surface area contributed by atoms with Gasteiger partial charge in [-0.25, -0.2) is 4.98 Å². The molecule has 5 nitrogen and oxygen atoms in total. The number of hydrogen-bond donors (Lipinski definition) is 1. The molecule has 0 aliphatic carbocycles. The first-order valence-electron chi connectivity index (χ1n) is 10.9. The van der Waals surface area contributed by atoms with Crippen LogP contribution in [0.3, 0.4) is 0 Å². The van der Waals surface area contributed by atoms with Crippen molar-refractivity contribution in [2.24, 2.45) is 0 Å². The number of hydrogen-bond acceptors (Lipinski definition) is 3. The van der Waals surface area contributed by atoms with Crippen LogP contribution in [0.4, 0.5) is 0 Å². The predicted molar refractivity (Wildman–Crippen MR) is 128 cm³/mol.